The Kier molecular flexibility index (Phi) is 7.49. The number of esters is 2. The van der Waals surface area contributed by atoms with Crippen molar-refractivity contribution in [3.63, 3.8) is 0 Å². The fraction of sp³-hybridized carbons (Fsp3) is 0.757. The van der Waals surface area contributed by atoms with E-state index in [1.54, 1.807) is 6.07 Å². The minimum Gasteiger partial charge on any atom is -0.469 e. The molecule has 12 heteroatoms. The maximum atomic E-state index is 15.0. The fourth-order valence-corrected chi connectivity index (χ4v) is 12.3. The third kappa shape index (κ3) is 3.83. The van der Waals surface area contributed by atoms with Crippen LogP contribution in [-0.2, 0) is 39.8 Å². The van der Waals surface area contributed by atoms with Gasteiger partial charge in [0.1, 0.15) is 30.2 Å². The highest BCUT2D eigenvalue weighted by atomic mass is 16.7. The summed E-state index contributed by atoms with van der Waals surface area (Å²) in [5.41, 5.74) is -6.06. The van der Waals surface area contributed by atoms with Gasteiger partial charge in [0.2, 0.25) is 0 Å². The second kappa shape index (κ2) is 10.9. The minimum atomic E-state index is -1.49. The predicted octanol–water partition coefficient (Wildman–Crippen LogP) is 2.48. The van der Waals surface area contributed by atoms with Crippen LogP contribution in [0.3, 0.4) is 0 Å². The zero-order valence-corrected chi connectivity index (χ0v) is 28.4. The average molecular weight is 685 g/mol. The number of allylic oxidation sites excluding steroid dienone is 1. The summed E-state index contributed by atoms with van der Waals surface area (Å²) in [7, 11) is 0. The maximum Gasteiger partial charge on any atom is 0.339 e. The van der Waals surface area contributed by atoms with Gasteiger partial charge in [0.05, 0.1) is 47.9 Å². The third-order valence-corrected chi connectivity index (χ3v) is 14.3. The van der Waals surface area contributed by atoms with Crippen LogP contribution in [0.5, 0.6) is 0 Å². The molecule has 12 unspecified atom stereocenters. The van der Waals surface area contributed by atoms with Crippen LogP contribution in [0, 0.1) is 33.5 Å². The molecular formula is C37H48O12. The van der Waals surface area contributed by atoms with Crippen LogP contribution in [0.2, 0.25) is 0 Å². The monoisotopic (exact) mass is 684 g/mol. The highest BCUT2D eigenvalue weighted by Crippen LogP contribution is 2.84. The van der Waals surface area contributed by atoms with Crippen LogP contribution < -0.4 is 0 Å². The number of carbonyl (C=O) groups is 3. The normalized spacial score (nSPS) is 45.2. The number of cyclic esters (lactones) is 2. The Morgan fingerprint density at radius 2 is 1.82 bits per heavy atom. The summed E-state index contributed by atoms with van der Waals surface area (Å²) < 4.78 is 31.4. The quantitative estimate of drug-likeness (QED) is 0.122. The molecule has 1 aromatic rings. The van der Waals surface area contributed by atoms with E-state index in [2.05, 4.69) is 0 Å². The number of epoxide rings is 1. The number of hydrogen-bond acceptors (Lipinski definition) is 12. The van der Waals surface area contributed by atoms with Crippen LogP contribution in [-0.4, -0.2) is 93.6 Å². The first-order valence-electron chi connectivity index (χ1n) is 17.9. The molecule has 0 aromatic carbocycles. The SMILES string of the molecule is CC1(C)OC2CC(=O)OCC23C2CCC4(C)C(c5ccoc5CC(CCCCCO)C(O)CO)OC(=O)C5OC54C24CC=CC13C(=O)C4O. The zero-order valence-electron chi connectivity index (χ0n) is 28.4. The molecule has 6 fully saturated rings. The molecule has 4 N–H and O–H groups in total. The number of unbranched alkanes of at least 4 members (excludes halogenated alkanes) is 2. The summed E-state index contributed by atoms with van der Waals surface area (Å²) in [4.78, 5) is 41.6. The van der Waals surface area contributed by atoms with Gasteiger partial charge in [0.15, 0.2) is 11.9 Å². The van der Waals surface area contributed by atoms with E-state index in [0.29, 0.717) is 37.0 Å². The first-order valence-corrected chi connectivity index (χ1v) is 17.9. The van der Waals surface area contributed by atoms with Gasteiger partial charge in [-0.3, -0.25) is 9.59 Å². The average Bonchev–Trinajstić information content (AvgIpc) is 3.70. The molecule has 0 radical (unpaired) electrons. The van der Waals surface area contributed by atoms with Gasteiger partial charge in [0, 0.05) is 29.4 Å². The van der Waals surface area contributed by atoms with Gasteiger partial charge in [-0.25, -0.2) is 4.79 Å². The minimum absolute atomic E-state index is 0.00652. The van der Waals surface area contributed by atoms with Crippen molar-refractivity contribution >= 4 is 17.7 Å². The zero-order chi connectivity index (χ0) is 34.8. The number of ketones is 1. The molecule has 2 saturated carbocycles. The highest BCUT2D eigenvalue weighted by Gasteiger charge is 2.94. The molecule has 8 aliphatic rings. The Morgan fingerprint density at radius 1 is 1.02 bits per heavy atom. The Labute approximate surface area is 285 Å². The lowest BCUT2D eigenvalue weighted by Gasteiger charge is -2.68. The molecule has 4 spiro atoms. The number of aliphatic hydroxyl groups is 4. The van der Waals surface area contributed by atoms with E-state index in [-0.39, 0.29) is 50.3 Å². The fourth-order valence-electron chi connectivity index (χ4n) is 12.3. The van der Waals surface area contributed by atoms with E-state index in [1.807, 2.05) is 32.9 Å². The number of hydrogen-bond donors (Lipinski definition) is 4. The molecule has 2 bridgehead atoms. The van der Waals surface area contributed by atoms with Crippen LogP contribution >= 0.6 is 0 Å². The lowest BCUT2D eigenvalue weighted by atomic mass is 9.33. The summed E-state index contributed by atoms with van der Waals surface area (Å²) in [6.45, 7) is 5.37. The van der Waals surface area contributed by atoms with E-state index in [0.717, 1.165) is 12.8 Å². The highest BCUT2D eigenvalue weighted by molar-refractivity contribution is 5.97. The Hall–Kier alpha value is -2.61. The smallest absolute Gasteiger partial charge is 0.339 e. The lowest BCUT2D eigenvalue weighted by Crippen LogP contribution is -2.79. The number of ether oxygens (including phenoxy) is 4. The molecule has 12 nitrogen and oxygen atoms in total. The Bertz CT molecular complexity index is 1580. The van der Waals surface area contributed by atoms with Gasteiger partial charge in [-0.2, -0.15) is 0 Å². The standard InChI is InChI=1S/C37H48O12/c1-32(2)36-12-7-11-34(27(42)28(36)43)24(35(36)19-46-26(41)17-25(35)48-32)9-13-33(3)29(47-31(44)30-37(33,34)49-30)21-10-15-45-23(21)16-20(22(40)18-39)8-5-4-6-14-38/h7,10,12,15,20,22,24-25,27,29-30,38-40,42H,4-6,8-9,11,13-14,16-19H2,1-3H3. The van der Waals surface area contributed by atoms with Crippen molar-refractivity contribution in [2.24, 2.45) is 33.5 Å². The van der Waals surface area contributed by atoms with Gasteiger partial charge < -0.3 is 43.8 Å². The predicted molar refractivity (Wildman–Crippen MR) is 168 cm³/mol. The number of furan rings is 1. The van der Waals surface area contributed by atoms with E-state index in [9.17, 15) is 34.8 Å². The molecule has 0 amide bonds. The third-order valence-electron chi connectivity index (χ3n) is 14.3. The van der Waals surface area contributed by atoms with Crippen LogP contribution in [0.25, 0.3) is 0 Å². The van der Waals surface area contributed by atoms with Crippen molar-refractivity contribution in [3.8, 4) is 0 Å². The number of rotatable bonds is 10. The second-order valence-electron chi connectivity index (χ2n) is 16.4. The Morgan fingerprint density at radius 3 is 2.57 bits per heavy atom. The van der Waals surface area contributed by atoms with E-state index in [4.69, 9.17) is 23.4 Å². The molecular weight excluding hydrogens is 636 g/mol. The summed E-state index contributed by atoms with van der Waals surface area (Å²) in [6, 6.07) is 1.77. The van der Waals surface area contributed by atoms with Crippen molar-refractivity contribution in [3.05, 3.63) is 35.8 Å². The van der Waals surface area contributed by atoms with Crippen molar-refractivity contribution in [2.45, 2.75) is 120 Å². The lowest BCUT2D eigenvalue weighted by molar-refractivity contribution is -0.262. The van der Waals surface area contributed by atoms with Crippen LogP contribution in [0.4, 0.5) is 0 Å². The molecule has 268 valence electrons. The van der Waals surface area contributed by atoms with E-state index >= 15 is 0 Å². The van der Waals surface area contributed by atoms with Crippen LogP contribution in [0.15, 0.2) is 28.9 Å². The van der Waals surface area contributed by atoms with E-state index in [1.165, 1.54) is 6.26 Å². The molecule has 9 rings (SSSR count). The molecule has 4 aliphatic carbocycles. The number of carbonyl (C=O) groups excluding carboxylic acids is 3. The van der Waals surface area contributed by atoms with Gasteiger partial charge in [-0.15, -0.1) is 0 Å². The number of Topliss-reactive ketones (excluding diaryl/α,β-unsaturated/α-hetero) is 1. The van der Waals surface area contributed by atoms with Crippen molar-refractivity contribution in [1.29, 1.82) is 0 Å². The van der Waals surface area contributed by atoms with Crippen molar-refractivity contribution in [1.82, 2.24) is 0 Å². The topological polar surface area (TPSA) is 185 Å². The summed E-state index contributed by atoms with van der Waals surface area (Å²) in [5, 5.41) is 42.3. The summed E-state index contributed by atoms with van der Waals surface area (Å²) in [5.74, 6) is -1.56. The van der Waals surface area contributed by atoms with Crippen molar-refractivity contribution in [2.75, 3.05) is 19.8 Å². The maximum absolute atomic E-state index is 15.0. The largest absolute Gasteiger partial charge is 0.469 e. The summed E-state index contributed by atoms with van der Waals surface area (Å²) in [6.07, 6.45) is 4.82. The Balaban J connectivity index is 1.22. The van der Waals surface area contributed by atoms with Gasteiger partial charge in [-0.05, 0) is 63.9 Å². The second-order valence-corrected chi connectivity index (χ2v) is 16.4. The first-order chi connectivity index (χ1) is 23.3. The molecule has 1 aromatic heterocycles. The molecule has 12 atom stereocenters. The molecule has 4 saturated heterocycles. The summed E-state index contributed by atoms with van der Waals surface area (Å²) >= 11 is 0. The van der Waals surface area contributed by atoms with Crippen molar-refractivity contribution < 1.29 is 58.2 Å². The van der Waals surface area contributed by atoms with Gasteiger partial charge >= 0.3 is 11.9 Å². The first kappa shape index (κ1) is 33.5. The number of fused-ring (bicyclic) bond motifs is 2. The molecule has 4 aliphatic heterocycles. The molecule has 49 heavy (non-hydrogen) atoms. The van der Waals surface area contributed by atoms with Gasteiger partial charge in [-0.1, -0.05) is 31.9 Å². The number of aliphatic hydroxyl groups excluding tert-OH is 4. The van der Waals surface area contributed by atoms with Crippen LogP contribution in [0.1, 0.15) is 89.6 Å². The van der Waals surface area contributed by atoms with E-state index < -0.39 is 81.7 Å². The molecule has 5 heterocycles. The van der Waals surface area contributed by atoms with Gasteiger partial charge in [0.25, 0.3) is 0 Å².